The first kappa shape index (κ1) is 22.3. The number of benzene rings is 2. The molecule has 0 saturated carbocycles. The van der Waals surface area contributed by atoms with Crippen molar-refractivity contribution in [2.75, 3.05) is 19.5 Å². The Morgan fingerprint density at radius 3 is 2.31 bits per heavy atom. The Bertz CT molecular complexity index is 876. The monoisotopic (exact) mass is 399 g/mol. The molecule has 0 fully saturated rings. The van der Waals surface area contributed by atoms with E-state index in [1.165, 1.54) is 7.11 Å². The van der Waals surface area contributed by atoms with Gasteiger partial charge in [-0.05, 0) is 48.6 Å². The molecule has 2 rings (SSSR count). The zero-order valence-electron chi connectivity index (χ0n) is 17.9. The fourth-order valence-electron chi connectivity index (χ4n) is 3.02. The minimum Gasteiger partial charge on any atom is -0.493 e. The van der Waals surface area contributed by atoms with Crippen LogP contribution < -0.4 is 14.8 Å². The normalized spacial score (nSPS) is 11.7. The molecule has 1 amide bonds. The number of hydrogen-bond acceptors (Lipinski definition) is 5. The Morgan fingerprint density at radius 1 is 1.00 bits per heavy atom. The molecular formula is C23H29NO5. The highest BCUT2D eigenvalue weighted by atomic mass is 16.5. The van der Waals surface area contributed by atoms with Crippen molar-refractivity contribution in [3.05, 3.63) is 53.1 Å². The first-order chi connectivity index (χ1) is 13.8. The molecule has 0 heterocycles. The fraction of sp³-hybridized carbons (Fsp3) is 0.391. The molecule has 156 valence electrons. The standard InChI is InChI=1S/C23H29NO5/c1-14(2)18-9-7-8-15(3)22(18)24-23(26)16(4)29-21(25)13-17-10-11-19(27-5)20(12-17)28-6/h7-12,14,16H,13H2,1-6H3,(H,24,26)/t16-/m0/s1. The van der Waals surface area contributed by atoms with E-state index in [4.69, 9.17) is 14.2 Å². The third-order valence-electron chi connectivity index (χ3n) is 4.65. The van der Waals surface area contributed by atoms with Gasteiger partial charge in [0.05, 0.1) is 20.6 Å². The summed E-state index contributed by atoms with van der Waals surface area (Å²) in [6.45, 7) is 7.64. The molecule has 0 aliphatic carbocycles. The topological polar surface area (TPSA) is 73.9 Å². The van der Waals surface area contributed by atoms with E-state index in [2.05, 4.69) is 19.2 Å². The molecule has 0 radical (unpaired) electrons. The summed E-state index contributed by atoms with van der Waals surface area (Å²) in [6, 6.07) is 11.1. The maximum atomic E-state index is 12.6. The lowest BCUT2D eigenvalue weighted by Gasteiger charge is -2.19. The van der Waals surface area contributed by atoms with Crippen molar-refractivity contribution in [1.29, 1.82) is 0 Å². The molecule has 2 aromatic carbocycles. The first-order valence-electron chi connectivity index (χ1n) is 9.57. The summed E-state index contributed by atoms with van der Waals surface area (Å²) in [5, 5.41) is 2.91. The van der Waals surface area contributed by atoms with Crippen molar-refractivity contribution in [2.45, 2.75) is 46.1 Å². The van der Waals surface area contributed by atoms with Crippen molar-refractivity contribution in [1.82, 2.24) is 0 Å². The molecule has 2 aromatic rings. The van der Waals surface area contributed by atoms with Gasteiger partial charge in [-0.1, -0.05) is 38.1 Å². The van der Waals surface area contributed by atoms with Crippen molar-refractivity contribution in [3.63, 3.8) is 0 Å². The van der Waals surface area contributed by atoms with E-state index in [9.17, 15) is 9.59 Å². The molecule has 1 N–H and O–H groups in total. The van der Waals surface area contributed by atoms with Crippen LogP contribution in [0, 0.1) is 6.92 Å². The van der Waals surface area contributed by atoms with Gasteiger partial charge in [0.25, 0.3) is 5.91 Å². The summed E-state index contributed by atoms with van der Waals surface area (Å²) < 4.78 is 15.8. The summed E-state index contributed by atoms with van der Waals surface area (Å²) in [5.41, 5.74) is 3.49. The minimum absolute atomic E-state index is 0.0274. The van der Waals surface area contributed by atoms with Crippen LogP contribution in [0.5, 0.6) is 11.5 Å². The third-order valence-corrected chi connectivity index (χ3v) is 4.65. The van der Waals surface area contributed by atoms with Gasteiger partial charge in [0, 0.05) is 5.69 Å². The van der Waals surface area contributed by atoms with Crippen LogP contribution in [0.4, 0.5) is 5.69 Å². The molecule has 1 atom stereocenters. The summed E-state index contributed by atoms with van der Waals surface area (Å²) >= 11 is 0. The van der Waals surface area contributed by atoms with Crippen molar-refractivity contribution < 1.29 is 23.8 Å². The van der Waals surface area contributed by atoms with E-state index in [-0.39, 0.29) is 18.2 Å². The van der Waals surface area contributed by atoms with E-state index < -0.39 is 12.1 Å². The second-order valence-corrected chi connectivity index (χ2v) is 7.18. The largest absolute Gasteiger partial charge is 0.493 e. The molecule has 0 saturated heterocycles. The highest BCUT2D eigenvalue weighted by Crippen LogP contribution is 2.29. The zero-order valence-corrected chi connectivity index (χ0v) is 17.9. The maximum absolute atomic E-state index is 12.6. The highest BCUT2D eigenvalue weighted by molar-refractivity contribution is 5.96. The number of carbonyl (C=O) groups excluding carboxylic acids is 2. The smallest absolute Gasteiger partial charge is 0.311 e. The second kappa shape index (κ2) is 9.96. The Balaban J connectivity index is 2.02. The van der Waals surface area contributed by atoms with Crippen molar-refractivity contribution >= 4 is 17.6 Å². The summed E-state index contributed by atoms with van der Waals surface area (Å²) in [4.78, 5) is 24.9. The van der Waals surface area contributed by atoms with Crippen LogP contribution in [0.3, 0.4) is 0 Å². The van der Waals surface area contributed by atoms with Gasteiger partial charge in [-0.3, -0.25) is 9.59 Å². The van der Waals surface area contributed by atoms with E-state index in [0.717, 1.165) is 16.8 Å². The highest BCUT2D eigenvalue weighted by Gasteiger charge is 2.21. The van der Waals surface area contributed by atoms with Gasteiger partial charge in [0.1, 0.15) is 0 Å². The fourth-order valence-corrected chi connectivity index (χ4v) is 3.02. The molecular weight excluding hydrogens is 370 g/mol. The molecule has 0 aromatic heterocycles. The molecule has 6 heteroatoms. The Hall–Kier alpha value is -3.02. The number of anilines is 1. The van der Waals surface area contributed by atoms with Gasteiger partial charge in [0.15, 0.2) is 17.6 Å². The third kappa shape index (κ3) is 5.73. The number of aryl methyl sites for hydroxylation is 1. The van der Waals surface area contributed by atoms with Crippen LogP contribution in [-0.4, -0.2) is 32.2 Å². The summed E-state index contributed by atoms with van der Waals surface area (Å²) in [7, 11) is 3.08. The summed E-state index contributed by atoms with van der Waals surface area (Å²) in [6.07, 6.45) is -0.887. The predicted molar refractivity (Wildman–Crippen MR) is 113 cm³/mol. The van der Waals surface area contributed by atoms with E-state index in [0.29, 0.717) is 17.1 Å². The molecule has 0 unspecified atom stereocenters. The Kier molecular flexibility index (Phi) is 7.65. The SMILES string of the molecule is COc1ccc(CC(=O)O[C@@H](C)C(=O)Nc2c(C)cccc2C(C)C)cc1OC. The molecule has 0 aliphatic rings. The number of nitrogens with one attached hydrogen (secondary N) is 1. The van der Waals surface area contributed by atoms with Gasteiger partial charge >= 0.3 is 5.97 Å². The minimum atomic E-state index is -0.915. The molecule has 29 heavy (non-hydrogen) atoms. The first-order valence-corrected chi connectivity index (χ1v) is 9.57. The lowest BCUT2D eigenvalue weighted by molar-refractivity contribution is -0.152. The van der Waals surface area contributed by atoms with E-state index in [1.807, 2.05) is 25.1 Å². The predicted octanol–water partition coefficient (Wildman–Crippen LogP) is 4.25. The number of ether oxygens (including phenoxy) is 3. The van der Waals surface area contributed by atoms with Crippen LogP contribution in [-0.2, 0) is 20.7 Å². The molecule has 0 aliphatic heterocycles. The number of rotatable bonds is 8. The van der Waals surface area contributed by atoms with Crippen LogP contribution >= 0.6 is 0 Å². The van der Waals surface area contributed by atoms with Gasteiger partial charge in [-0.25, -0.2) is 0 Å². The number of esters is 1. The Morgan fingerprint density at radius 2 is 1.69 bits per heavy atom. The zero-order chi connectivity index (χ0) is 21.6. The molecule has 0 bridgehead atoms. The second-order valence-electron chi connectivity index (χ2n) is 7.18. The quantitative estimate of drug-likeness (QED) is 0.672. The number of carbonyl (C=O) groups is 2. The van der Waals surface area contributed by atoms with Crippen molar-refractivity contribution in [3.8, 4) is 11.5 Å². The lowest BCUT2D eigenvalue weighted by atomic mass is 9.98. The molecule has 0 spiro atoms. The lowest BCUT2D eigenvalue weighted by Crippen LogP contribution is -2.31. The number of amides is 1. The maximum Gasteiger partial charge on any atom is 0.311 e. The number of para-hydroxylation sites is 1. The van der Waals surface area contributed by atoms with Crippen molar-refractivity contribution in [2.24, 2.45) is 0 Å². The molecule has 6 nitrogen and oxygen atoms in total. The van der Waals surface area contributed by atoms with Crippen LogP contribution in [0.15, 0.2) is 36.4 Å². The van der Waals surface area contributed by atoms with Crippen LogP contribution in [0.2, 0.25) is 0 Å². The van der Waals surface area contributed by atoms with Gasteiger partial charge in [0.2, 0.25) is 0 Å². The average molecular weight is 399 g/mol. The number of hydrogen-bond donors (Lipinski definition) is 1. The van der Waals surface area contributed by atoms with Gasteiger partial charge in [-0.2, -0.15) is 0 Å². The van der Waals surface area contributed by atoms with Gasteiger partial charge in [-0.15, -0.1) is 0 Å². The Labute approximate surface area is 172 Å². The van der Waals surface area contributed by atoms with Crippen LogP contribution in [0.25, 0.3) is 0 Å². The van der Waals surface area contributed by atoms with E-state index in [1.54, 1.807) is 32.2 Å². The van der Waals surface area contributed by atoms with Gasteiger partial charge < -0.3 is 19.5 Å². The number of methoxy groups -OCH3 is 2. The summed E-state index contributed by atoms with van der Waals surface area (Å²) in [5.74, 6) is 0.518. The van der Waals surface area contributed by atoms with Crippen LogP contribution in [0.1, 0.15) is 43.4 Å². The average Bonchev–Trinajstić information content (AvgIpc) is 2.68. The van der Waals surface area contributed by atoms with E-state index >= 15 is 0 Å².